The molecular formula is C34H38FN7O3. The molecule has 0 unspecified atom stereocenters. The fourth-order valence-electron chi connectivity index (χ4n) is 6.02. The van der Waals surface area contributed by atoms with E-state index >= 15 is 4.39 Å². The first-order chi connectivity index (χ1) is 21.9. The number of rotatable bonds is 9. The van der Waals surface area contributed by atoms with Gasteiger partial charge in [0.2, 0.25) is 5.91 Å². The van der Waals surface area contributed by atoms with Gasteiger partial charge in [-0.15, -0.1) is 0 Å². The van der Waals surface area contributed by atoms with Crippen molar-refractivity contribution in [2.45, 2.75) is 38.6 Å². The van der Waals surface area contributed by atoms with E-state index in [0.717, 1.165) is 43.9 Å². The number of amides is 1. The van der Waals surface area contributed by atoms with Crippen LogP contribution in [0.4, 0.5) is 27.4 Å². The van der Waals surface area contributed by atoms with Crippen LogP contribution in [0.15, 0.2) is 67.6 Å². The Kier molecular flexibility index (Phi) is 8.95. The van der Waals surface area contributed by atoms with E-state index in [1.165, 1.54) is 24.9 Å². The van der Waals surface area contributed by atoms with Gasteiger partial charge in [-0.2, -0.15) is 0 Å². The third-order valence-corrected chi connectivity index (χ3v) is 8.42. The maximum Gasteiger partial charge on any atom is 0.245 e. The number of hydrogen-bond acceptors (Lipinski definition) is 9. The molecule has 0 spiro atoms. The van der Waals surface area contributed by atoms with Gasteiger partial charge in [-0.05, 0) is 61.9 Å². The van der Waals surface area contributed by atoms with Gasteiger partial charge in [-0.3, -0.25) is 4.79 Å². The zero-order chi connectivity index (χ0) is 31.3. The Balaban J connectivity index is 1.18. The van der Waals surface area contributed by atoms with Crippen molar-refractivity contribution in [3.05, 3.63) is 73.5 Å². The highest BCUT2D eigenvalue weighted by molar-refractivity contribution is 5.95. The lowest BCUT2D eigenvalue weighted by atomic mass is 10.0. The molecular weight excluding hydrogens is 573 g/mol. The van der Waals surface area contributed by atoms with Crippen molar-refractivity contribution < 1.29 is 18.7 Å². The van der Waals surface area contributed by atoms with Crippen LogP contribution in [0, 0.1) is 11.7 Å². The second-order valence-electron chi connectivity index (χ2n) is 11.7. The number of hydrogen-bond donors (Lipinski definition) is 2. The van der Waals surface area contributed by atoms with Crippen molar-refractivity contribution >= 4 is 39.8 Å². The van der Waals surface area contributed by atoms with Crippen molar-refractivity contribution in [3.8, 4) is 17.2 Å². The van der Waals surface area contributed by atoms with Crippen molar-refractivity contribution in [2.75, 3.05) is 48.8 Å². The second-order valence-corrected chi connectivity index (χ2v) is 11.7. The molecule has 2 saturated heterocycles. The second kappa shape index (κ2) is 13.4. The van der Waals surface area contributed by atoms with Crippen LogP contribution < -0.4 is 25.0 Å². The van der Waals surface area contributed by atoms with Crippen molar-refractivity contribution in [1.29, 1.82) is 0 Å². The number of pyridine rings is 1. The van der Waals surface area contributed by atoms with Gasteiger partial charge in [-0.1, -0.05) is 13.5 Å². The van der Waals surface area contributed by atoms with E-state index < -0.39 is 5.82 Å². The topological polar surface area (TPSA) is 105 Å². The molecule has 6 rings (SSSR count). The Morgan fingerprint density at radius 3 is 2.60 bits per heavy atom. The predicted molar refractivity (Wildman–Crippen MR) is 174 cm³/mol. The van der Waals surface area contributed by atoms with Crippen molar-refractivity contribution in [1.82, 2.24) is 19.9 Å². The van der Waals surface area contributed by atoms with Crippen LogP contribution in [0.2, 0.25) is 0 Å². The van der Waals surface area contributed by atoms with Crippen molar-refractivity contribution in [3.63, 3.8) is 0 Å². The number of anilines is 4. The van der Waals surface area contributed by atoms with Crippen molar-refractivity contribution in [2.24, 2.45) is 5.92 Å². The number of carbonyl (C=O) groups excluding carboxylic acids is 1. The first-order valence-electron chi connectivity index (χ1n) is 15.4. The number of ether oxygens (including phenoxy) is 2. The Labute approximate surface area is 262 Å². The summed E-state index contributed by atoms with van der Waals surface area (Å²) >= 11 is 0. The number of piperidine rings is 2. The van der Waals surface area contributed by atoms with E-state index in [1.54, 1.807) is 36.4 Å². The summed E-state index contributed by atoms with van der Waals surface area (Å²) in [5.74, 6) is 3.04. The largest absolute Gasteiger partial charge is 0.495 e. The molecule has 0 saturated carbocycles. The molecule has 10 nitrogen and oxygen atoms in total. The fourth-order valence-corrected chi connectivity index (χ4v) is 6.02. The van der Waals surface area contributed by atoms with Gasteiger partial charge in [0.1, 0.15) is 41.0 Å². The summed E-state index contributed by atoms with van der Waals surface area (Å²) in [6.07, 6.45) is 8.45. The zero-order valence-electron chi connectivity index (χ0n) is 25.6. The van der Waals surface area contributed by atoms with E-state index in [1.807, 2.05) is 18.2 Å². The number of methoxy groups -OCH3 is 1. The number of likely N-dealkylation sites (tertiary alicyclic amines) is 1. The quantitative estimate of drug-likeness (QED) is 0.204. The number of halogens is 1. The molecule has 234 valence electrons. The summed E-state index contributed by atoms with van der Waals surface area (Å²) < 4.78 is 27.1. The molecule has 4 heterocycles. The predicted octanol–water partition coefficient (Wildman–Crippen LogP) is 6.53. The van der Waals surface area contributed by atoms with Crippen LogP contribution in [0.1, 0.15) is 32.6 Å². The zero-order valence-corrected chi connectivity index (χ0v) is 25.6. The normalized spacial score (nSPS) is 17.2. The smallest absolute Gasteiger partial charge is 0.245 e. The molecule has 2 aliphatic rings. The molecule has 1 amide bonds. The van der Waals surface area contributed by atoms with Crippen LogP contribution in [0.25, 0.3) is 10.9 Å². The molecule has 0 bridgehead atoms. The average molecular weight is 612 g/mol. The molecule has 45 heavy (non-hydrogen) atoms. The monoisotopic (exact) mass is 611 g/mol. The van der Waals surface area contributed by atoms with Crippen LogP contribution in [0.3, 0.4) is 0 Å². The summed E-state index contributed by atoms with van der Waals surface area (Å²) in [6.45, 7) is 9.06. The molecule has 0 radical (unpaired) electrons. The van der Waals surface area contributed by atoms with Crippen LogP contribution in [-0.4, -0.2) is 65.1 Å². The SMILES string of the molecule is C=CC(=O)N1CCC(Nc2cc3c(Nc4ccc(Oc5ccnc(N6CCC[C@H](C)C6)c5)cc4F)ncnc3cc2OC)CC1. The number of benzene rings is 2. The summed E-state index contributed by atoms with van der Waals surface area (Å²) in [4.78, 5) is 29.4. The summed E-state index contributed by atoms with van der Waals surface area (Å²) in [6, 6.07) is 12.3. The lowest BCUT2D eigenvalue weighted by Crippen LogP contribution is -2.41. The minimum atomic E-state index is -0.480. The lowest BCUT2D eigenvalue weighted by molar-refractivity contribution is -0.126. The molecule has 2 fully saturated rings. The summed E-state index contributed by atoms with van der Waals surface area (Å²) in [7, 11) is 1.61. The van der Waals surface area contributed by atoms with E-state index in [2.05, 4.69) is 44.0 Å². The van der Waals surface area contributed by atoms with E-state index in [9.17, 15) is 4.79 Å². The van der Waals surface area contributed by atoms with Crippen LogP contribution >= 0.6 is 0 Å². The van der Waals surface area contributed by atoms with Gasteiger partial charge < -0.3 is 29.9 Å². The minimum Gasteiger partial charge on any atom is -0.495 e. The number of nitrogens with one attached hydrogen (secondary N) is 2. The molecule has 2 aliphatic heterocycles. The summed E-state index contributed by atoms with van der Waals surface area (Å²) in [5.41, 5.74) is 1.68. The maximum atomic E-state index is 15.4. The third-order valence-electron chi connectivity index (χ3n) is 8.42. The van der Waals surface area contributed by atoms with E-state index in [-0.39, 0.29) is 17.6 Å². The first-order valence-corrected chi connectivity index (χ1v) is 15.4. The van der Waals surface area contributed by atoms with E-state index in [4.69, 9.17) is 9.47 Å². The summed E-state index contributed by atoms with van der Waals surface area (Å²) in [5, 5.41) is 7.40. The van der Waals surface area contributed by atoms with Gasteiger partial charge in [0, 0.05) is 62.0 Å². The number of nitrogens with zero attached hydrogens (tertiary/aromatic N) is 5. The van der Waals surface area contributed by atoms with Gasteiger partial charge in [0.25, 0.3) is 0 Å². The molecule has 11 heteroatoms. The number of fused-ring (bicyclic) bond motifs is 1. The van der Waals surface area contributed by atoms with Gasteiger partial charge >= 0.3 is 0 Å². The van der Waals surface area contributed by atoms with Crippen LogP contribution in [0.5, 0.6) is 17.2 Å². The minimum absolute atomic E-state index is 0.0505. The highest BCUT2D eigenvalue weighted by atomic mass is 19.1. The third kappa shape index (κ3) is 6.92. The molecule has 0 aliphatic carbocycles. The standard InChI is InChI=1S/C34H38FN7O3/c1-4-33(43)41-14-10-23(11-15-41)39-30-18-26-29(19-31(30)44-3)37-21-38-34(26)40-28-8-7-24(16-27(28)35)45-25-9-12-36-32(17-25)42-13-5-6-22(2)20-42/h4,7-9,12,16-19,21-23,39H,1,5-6,10-11,13-15,20H2,2-3H3,(H,37,38,40)/t22-/m0/s1. The molecule has 1 atom stereocenters. The molecule has 4 aromatic rings. The Morgan fingerprint density at radius 2 is 1.84 bits per heavy atom. The molecule has 2 aromatic carbocycles. The Morgan fingerprint density at radius 1 is 1.02 bits per heavy atom. The maximum absolute atomic E-state index is 15.4. The first kappa shape index (κ1) is 30.1. The molecule has 2 aromatic heterocycles. The number of carbonyl (C=O) groups is 1. The molecule has 2 N–H and O–H groups in total. The van der Waals surface area contributed by atoms with Crippen LogP contribution in [-0.2, 0) is 4.79 Å². The van der Waals surface area contributed by atoms with Gasteiger partial charge in [-0.25, -0.2) is 19.3 Å². The highest BCUT2D eigenvalue weighted by Crippen LogP contribution is 2.35. The van der Waals surface area contributed by atoms with Gasteiger partial charge in [0.15, 0.2) is 0 Å². The fraction of sp³-hybridized carbons (Fsp3) is 0.353. The highest BCUT2D eigenvalue weighted by Gasteiger charge is 2.23. The number of aromatic nitrogens is 3. The van der Waals surface area contributed by atoms with Gasteiger partial charge in [0.05, 0.1) is 24.0 Å². The Hall–Kier alpha value is -4.93. The Bertz CT molecular complexity index is 1690. The lowest BCUT2D eigenvalue weighted by Gasteiger charge is -2.32. The van der Waals surface area contributed by atoms with E-state index in [0.29, 0.717) is 53.0 Å². The average Bonchev–Trinajstić information content (AvgIpc) is 3.06.